The molecule has 0 aromatic heterocycles. The molecule has 0 saturated carbocycles. The second kappa shape index (κ2) is 5.27. The maximum Gasteiger partial charge on any atom is 0.221 e. The number of rotatable bonds is 1. The molecule has 1 amide bonds. The van der Waals surface area contributed by atoms with Crippen LogP contribution in [-0.2, 0) is 21.9 Å². The second-order valence-corrected chi connectivity index (χ2v) is 3.24. The van der Waals surface area contributed by atoms with Gasteiger partial charge in [0.1, 0.15) is 0 Å². The van der Waals surface area contributed by atoms with Crippen molar-refractivity contribution in [1.82, 2.24) is 0 Å². The molecule has 0 radical (unpaired) electrons. The van der Waals surface area contributed by atoms with E-state index in [1.165, 1.54) is 6.92 Å². The van der Waals surface area contributed by atoms with Gasteiger partial charge < -0.3 is 11.1 Å². The first-order valence-electron chi connectivity index (χ1n) is 3.43. The van der Waals surface area contributed by atoms with Gasteiger partial charge in [0, 0.05) is 28.5 Å². The first kappa shape index (κ1) is 12.5. The first-order valence-corrected chi connectivity index (χ1v) is 4.22. The van der Waals surface area contributed by atoms with E-state index < -0.39 is 0 Å². The summed E-state index contributed by atoms with van der Waals surface area (Å²) in [5.74, 6) is -0.131. The molecule has 1 aromatic carbocycles. The Bertz CT molecular complexity index is 297. The van der Waals surface area contributed by atoms with Gasteiger partial charge in [-0.05, 0) is 28.1 Å². The second-order valence-electron chi connectivity index (χ2n) is 2.39. The molecule has 5 heteroatoms. The molecule has 0 spiro atoms. The van der Waals surface area contributed by atoms with Gasteiger partial charge in [0.25, 0.3) is 0 Å². The molecular formula is C8H9BrFeN2O. The van der Waals surface area contributed by atoms with Crippen molar-refractivity contribution in [2.45, 2.75) is 6.92 Å². The Balaban J connectivity index is 0.00000144. The van der Waals surface area contributed by atoms with Crippen LogP contribution in [0.3, 0.4) is 0 Å². The third kappa shape index (κ3) is 3.38. The molecule has 13 heavy (non-hydrogen) atoms. The number of benzene rings is 1. The molecule has 0 saturated heterocycles. The summed E-state index contributed by atoms with van der Waals surface area (Å²) in [7, 11) is 0. The van der Waals surface area contributed by atoms with Crippen LogP contribution in [0.4, 0.5) is 11.4 Å². The van der Waals surface area contributed by atoms with Gasteiger partial charge in [-0.1, -0.05) is 6.07 Å². The molecule has 0 aliphatic heterocycles. The van der Waals surface area contributed by atoms with Crippen LogP contribution in [0.15, 0.2) is 22.7 Å². The van der Waals surface area contributed by atoms with E-state index in [0.29, 0.717) is 11.4 Å². The van der Waals surface area contributed by atoms with Gasteiger partial charge in [-0.3, -0.25) is 4.79 Å². The van der Waals surface area contributed by atoms with Crippen molar-refractivity contribution >= 4 is 33.2 Å². The molecule has 0 heterocycles. The Morgan fingerprint density at radius 3 is 2.62 bits per heavy atom. The van der Waals surface area contributed by atoms with Gasteiger partial charge in [0.05, 0.1) is 11.4 Å². The van der Waals surface area contributed by atoms with Crippen molar-refractivity contribution in [2.75, 3.05) is 11.1 Å². The molecule has 1 aromatic rings. The predicted molar refractivity (Wildman–Crippen MR) is 52.9 cm³/mol. The average molecular weight is 285 g/mol. The van der Waals surface area contributed by atoms with Crippen LogP contribution in [0.1, 0.15) is 6.92 Å². The van der Waals surface area contributed by atoms with Crippen molar-refractivity contribution < 1.29 is 21.9 Å². The maximum absolute atomic E-state index is 10.7. The predicted octanol–water partition coefficient (Wildman–Crippen LogP) is 1.99. The zero-order chi connectivity index (χ0) is 9.14. The fourth-order valence-corrected chi connectivity index (χ4v) is 1.33. The van der Waals surface area contributed by atoms with Crippen molar-refractivity contribution in [3.05, 3.63) is 22.7 Å². The SMILES string of the molecule is CC(=O)Nc1c(N)cccc1Br.[Fe]. The van der Waals surface area contributed by atoms with Crippen LogP contribution in [0.2, 0.25) is 0 Å². The van der Waals surface area contributed by atoms with Gasteiger partial charge >= 0.3 is 0 Å². The number of halogens is 1. The van der Waals surface area contributed by atoms with E-state index in [4.69, 9.17) is 5.73 Å². The number of nitrogens with two attached hydrogens (primary N) is 1. The van der Waals surface area contributed by atoms with Gasteiger partial charge in [-0.25, -0.2) is 0 Å². The normalized spacial score (nSPS) is 8.77. The molecule has 0 fully saturated rings. The number of hydrogen-bond acceptors (Lipinski definition) is 2. The van der Waals surface area contributed by atoms with Crippen LogP contribution < -0.4 is 11.1 Å². The van der Waals surface area contributed by atoms with Crippen LogP contribution in [-0.4, -0.2) is 5.91 Å². The molecule has 3 N–H and O–H groups in total. The zero-order valence-corrected chi connectivity index (χ0v) is 9.64. The summed E-state index contributed by atoms with van der Waals surface area (Å²) in [5, 5.41) is 2.63. The number of hydrogen-bond donors (Lipinski definition) is 2. The quantitative estimate of drug-likeness (QED) is 0.612. The molecule has 0 atom stereocenters. The molecule has 0 aliphatic rings. The molecule has 0 bridgehead atoms. The third-order valence-corrected chi connectivity index (χ3v) is 2.01. The summed E-state index contributed by atoms with van der Waals surface area (Å²) in [6.45, 7) is 1.44. The smallest absolute Gasteiger partial charge is 0.221 e. The van der Waals surface area contributed by atoms with E-state index in [1.54, 1.807) is 6.07 Å². The monoisotopic (exact) mass is 284 g/mol. The van der Waals surface area contributed by atoms with Crippen molar-refractivity contribution in [1.29, 1.82) is 0 Å². The van der Waals surface area contributed by atoms with E-state index in [0.717, 1.165) is 4.47 Å². The molecule has 1 rings (SSSR count). The fraction of sp³-hybridized carbons (Fsp3) is 0.125. The molecule has 0 unspecified atom stereocenters. The van der Waals surface area contributed by atoms with Crippen LogP contribution >= 0.6 is 15.9 Å². The molecule has 0 aliphatic carbocycles. The number of carbonyl (C=O) groups excluding carboxylic acids is 1. The minimum atomic E-state index is -0.131. The zero-order valence-electron chi connectivity index (χ0n) is 6.95. The summed E-state index contributed by atoms with van der Waals surface area (Å²) in [6.07, 6.45) is 0. The van der Waals surface area contributed by atoms with Crippen LogP contribution in [0.25, 0.3) is 0 Å². The third-order valence-electron chi connectivity index (χ3n) is 1.35. The van der Waals surface area contributed by atoms with Gasteiger partial charge in [-0.15, -0.1) is 0 Å². The van der Waals surface area contributed by atoms with Crippen molar-refractivity contribution in [3.63, 3.8) is 0 Å². The molecule has 72 valence electrons. The average Bonchev–Trinajstić information content (AvgIpc) is 1.97. The number of nitrogens with one attached hydrogen (secondary N) is 1. The van der Waals surface area contributed by atoms with Gasteiger partial charge in [0.15, 0.2) is 0 Å². The molecular weight excluding hydrogens is 276 g/mol. The topological polar surface area (TPSA) is 55.1 Å². The van der Waals surface area contributed by atoms with Gasteiger partial charge in [-0.2, -0.15) is 0 Å². The van der Waals surface area contributed by atoms with Crippen molar-refractivity contribution in [2.24, 2.45) is 0 Å². The number of nitrogen functional groups attached to an aromatic ring is 1. The Hall–Kier alpha value is -0.511. The Morgan fingerprint density at radius 2 is 2.15 bits per heavy atom. The summed E-state index contributed by atoms with van der Waals surface area (Å²) in [4.78, 5) is 10.7. The standard InChI is InChI=1S/C8H9BrN2O.Fe/c1-5(12)11-8-6(9)3-2-4-7(8)10;/h2-4H,10H2,1H3,(H,11,12);. The minimum Gasteiger partial charge on any atom is -0.397 e. The Kier molecular flexibility index (Phi) is 5.06. The van der Waals surface area contributed by atoms with E-state index in [2.05, 4.69) is 21.2 Å². The van der Waals surface area contributed by atoms with Crippen LogP contribution in [0, 0.1) is 0 Å². The minimum absolute atomic E-state index is 0. The molecule has 3 nitrogen and oxygen atoms in total. The van der Waals surface area contributed by atoms with E-state index in [1.807, 2.05) is 12.1 Å². The number of para-hydroxylation sites is 1. The Morgan fingerprint density at radius 1 is 1.54 bits per heavy atom. The number of amides is 1. The summed E-state index contributed by atoms with van der Waals surface area (Å²) in [6, 6.07) is 5.36. The van der Waals surface area contributed by atoms with E-state index in [-0.39, 0.29) is 23.0 Å². The summed E-state index contributed by atoms with van der Waals surface area (Å²) < 4.78 is 0.790. The summed E-state index contributed by atoms with van der Waals surface area (Å²) in [5.41, 5.74) is 6.81. The first-order chi connectivity index (χ1) is 5.61. The number of anilines is 2. The van der Waals surface area contributed by atoms with E-state index in [9.17, 15) is 4.79 Å². The fourth-order valence-electron chi connectivity index (χ4n) is 0.849. The summed E-state index contributed by atoms with van der Waals surface area (Å²) >= 11 is 3.28. The Labute approximate surface area is 95.7 Å². The van der Waals surface area contributed by atoms with Crippen LogP contribution in [0.5, 0.6) is 0 Å². The van der Waals surface area contributed by atoms with Gasteiger partial charge in [0.2, 0.25) is 5.91 Å². The van der Waals surface area contributed by atoms with Crippen molar-refractivity contribution in [3.8, 4) is 0 Å². The maximum atomic E-state index is 10.7. The van der Waals surface area contributed by atoms with E-state index >= 15 is 0 Å². The largest absolute Gasteiger partial charge is 0.397 e. The number of carbonyl (C=O) groups is 1.